The van der Waals surface area contributed by atoms with Crippen LogP contribution in [-0.2, 0) is 0 Å². The molecule has 0 saturated heterocycles. The zero-order valence-electron chi connectivity index (χ0n) is 7.33. The molecule has 0 aromatic rings. The SMILES string of the molecule is C/C=N\C(=C/C)SSCCC. The van der Waals surface area contributed by atoms with E-state index in [9.17, 15) is 0 Å². The van der Waals surface area contributed by atoms with Crippen LogP contribution in [-0.4, -0.2) is 12.0 Å². The van der Waals surface area contributed by atoms with E-state index in [0.29, 0.717) is 0 Å². The lowest BCUT2D eigenvalue weighted by Crippen LogP contribution is -1.71. The topological polar surface area (TPSA) is 12.4 Å². The third-order valence-corrected chi connectivity index (χ3v) is 3.51. The first-order valence-corrected chi connectivity index (χ1v) is 6.11. The predicted octanol–water partition coefficient (Wildman–Crippen LogP) is 3.73. The van der Waals surface area contributed by atoms with E-state index in [1.807, 2.05) is 36.9 Å². The van der Waals surface area contributed by atoms with Gasteiger partial charge in [0.2, 0.25) is 0 Å². The lowest BCUT2D eigenvalue weighted by atomic mass is 10.6. The van der Waals surface area contributed by atoms with Crippen LogP contribution in [0.1, 0.15) is 27.2 Å². The normalized spacial score (nSPS) is 12.8. The molecule has 11 heavy (non-hydrogen) atoms. The Bertz CT molecular complexity index is 141. The number of nitrogens with zero attached hydrogens (tertiary/aromatic N) is 1. The molecule has 0 N–H and O–H groups in total. The number of hydrogen-bond acceptors (Lipinski definition) is 3. The van der Waals surface area contributed by atoms with Crippen molar-refractivity contribution in [3.05, 3.63) is 11.1 Å². The summed E-state index contributed by atoms with van der Waals surface area (Å²) >= 11 is 0. The van der Waals surface area contributed by atoms with Crippen LogP contribution < -0.4 is 0 Å². The van der Waals surface area contributed by atoms with Crippen LogP contribution in [0.25, 0.3) is 0 Å². The summed E-state index contributed by atoms with van der Waals surface area (Å²) in [5.74, 6) is 1.20. The fourth-order valence-electron chi connectivity index (χ4n) is 0.457. The monoisotopic (exact) mass is 189 g/mol. The van der Waals surface area contributed by atoms with E-state index in [4.69, 9.17) is 0 Å². The fraction of sp³-hybridized carbons (Fsp3) is 0.625. The molecule has 0 aromatic carbocycles. The smallest absolute Gasteiger partial charge is 0.102 e. The lowest BCUT2D eigenvalue weighted by Gasteiger charge is -1.97. The lowest BCUT2D eigenvalue weighted by molar-refractivity contribution is 1.11. The summed E-state index contributed by atoms with van der Waals surface area (Å²) in [6.45, 7) is 6.14. The Hall–Kier alpha value is 0.110. The molecule has 3 heteroatoms. The zero-order chi connectivity index (χ0) is 8.53. The van der Waals surface area contributed by atoms with Gasteiger partial charge in [-0.1, -0.05) is 23.8 Å². The van der Waals surface area contributed by atoms with Gasteiger partial charge in [0, 0.05) is 12.0 Å². The van der Waals surface area contributed by atoms with Gasteiger partial charge in [0.1, 0.15) is 5.03 Å². The highest BCUT2D eigenvalue weighted by Crippen LogP contribution is 2.30. The van der Waals surface area contributed by atoms with Crippen LogP contribution in [0.4, 0.5) is 0 Å². The van der Waals surface area contributed by atoms with Crippen molar-refractivity contribution < 1.29 is 0 Å². The van der Waals surface area contributed by atoms with Crippen molar-refractivity contribution in [1.82, 2.24) is 0 Å². The Morgan fingerprint density at radius 2 is 2.18 bits per heavy atom. The van der Waals surface area contributed by atoms with Gasteiger partial charge in [0.25, 0.3) is 0 Å². The van der Waals surface area contributed by atoms with Gasteiger partial charge in [-0.15, -0.1) is 0 Å². The summed E-state index contributed by atoms with van der Waals surface area (Å²) in [4.78, 5) is 4.19. The summed E-state index contributed by atoms with van der Waals surface area (Å²) < 4.78 is 0. The van der Waals surface area contributed by atoms with Crippen molar-refractivity contribution in [3.63, 3.8) is 0 Å². The van der Waals surface area contributed by atoms with Gasteiger partial charge in [-0.25, -0.2) is 0 Å². The molecular weight excluding hydrogens is 174 g/mol. The highest BCUT2D eigenvalue weighted by Gasteiger charge is 1.92. The average Bonchev–Trinajstić information content (AvgIpc) is 2.03. The van der Waals surface area contributed by atoms with Crippen molar-refractivity contribution in [1.29, 1.82) is 0 Å². The highest BCUT2D eigenvalue weighted by atomic mass is 33.1. The van der Waals surface area contributed by atoms with E-state index >= 15 is 0 Å². The van der Waals surface area contributed by atoms with Crippen molar-refractivity contribution in [3.8, 4) is 0 Å². The van der Waals surface area contributed by atoms with Gasteiger partial charge < -0.3 is 0 Å². The quantitative estimate of drug-likeness (QED) is 0.371. The molecule has 0 heterocycles. The fourth-order valence-corrected chi connectivity index (χ4v) is 2.60. The second-order valence-corrected chi connectivity index (χ2v) is 4.36. The predicted molar refractivity (Wildman–Crippen MR) is 58.3 cm³/mol. The molecule has 0 spiro atoms. The van der Waals surface area contributed by atoms with Crippen molar-refractivity contribution >= 4 is 27.8 Å². The molecule has 0 fully saturated rings. The van der Waals surface area contributed by atoms with Crippen LogP contribution in [0.3, 0.4) is 0 Å². The minimum Gasteiger partial charge on any atom is -0.254 e. The summed E-state index contributed by atoms with van der Waals surface area (Å²) in [5.41, 5.74) is 0. The summed E-state index contributed by atoms with van der Waals surface area (Å²) in [6.07, 6.45) is 5.09. The molecule has 0 bridgehead atoms. The summed E-state index contributed by atoms with van der Waals surface area (Å²) in [6, 6.07) is 0. The van der Waals surface area contributed by atoms with E-state index in [1.54, 1.807) is 10.8 Å². The molecule has 0 aliphatic heterocycles. The summed E-state index contributed by atoms with van der Waals surface area (Å²) in [5, 5.41) is 1.10. The van der Waals surface area contributed by atoms with Crippen LogP contribution in [0.2, 0.25) is 0 Å². The van der Waals surface area contributed by atoms with Crippen molar-refractivity contribution in [2.24, 2.45) is 4.99 Å². The average molecular weight is 189 g/mol. The minimum absolute atomic E-state index is 1.10. The van der Waals surface area contributed by atoms with Crippen LogP contribution in [0, 0.1) is 0 Å². The van der Waals surface area contributed by atoms with E-state index < -0.39 is 0 Å². The molecule has 0 aromatic heterocycles. The van der Waals surface area contributed by atoms with Crippen LogP contribution in [0.5, 0.6) is 0 Å². The first kappa shape index (κ1) is 11.1. The van der Waals surface area contributed by atoms with Crippen LogP contribution >= 0.6 is 21.6 Å². The van der Waals surface area contributed by atoms with E-state index in [2.05, 4.69) is 11.9 Å². The van der Waals surface area contributed by atoms with E-state index in [-0.39, 0.29) is 0 Å². The third kappa shape index (κ3) is 6.51. The van der Waals surface area contributed by atoms with Crippen LogP contribution in [0.15, 0.2) is 16.1 Å². The van der Waals surface area contributed by atoms with Crippen molar-refractivity contribution in [2.45, 2.75) is 27.2 Å². The molecule has 0 atom stereocenters. The maximum absolute atomic E-state index is 4.19. The number of hydrogen-bond donors (Lipinski definition) is 0. The Balaban J connectivity index is 3.54. The Morgan fingerprint density at radius 3 is 2.64 bits per heavy atom. The molecular formula is C8H15NS2. The number of allylic oxidation sites excluding steroid dienone is 1. The molecule has 0 aliphatic carbocycles. The third-order valence-electron chi connectivity index (χ3n) is 0.935. The largest absolute Gasteiger partial charge is 0.254 e. The molecule has 0 rings (SSSR count). The minimum atomic E-state index is 1.10. The summed E-state index contributed by atoms with van der Waals surface area (Å²) in [7, 11) is 3.61. The Kier molecular flexibility index (Phi) is 8.29. The molecule has 0 amide bonds. The van der Waals surface area contributed by atoms with Gasteiger partial charge in [-0.05, 0) is 31.1 Å². The zero-order valence-corrected chi connectivity index (χ0v) is 8.97. The highest BCUT2D eigenvalue weighted by molar-refractivity contribution is 8.78. The van der Waals surface area contributed by atoms with E-state index in [1.165, 1.54) is 12.2 Å². The molecule has 1 nitrogen and oxygen atoms in total. The second kappa shape index (κ2) is 8.21. The second-order valence-electron chi connectivity index (χ2n) is 1.92. The molecule has 0 saturated carbocycles. The maximum atomic E-state index is 4.19. The van der Waals surface area contributed by atoms with Gasteiger partial charge in [-0.2, -0.15) is 0 Å². The molecule has 0 unspecified atom stereocenters. The Morgan fingerprint density at radius 1 is 1.45 bits per heavy atom. The molecule has 64 valence electrons. The van der Waals surface area contributed by atoms with Gasteiger partial charge >= 0.3 is 0 Å². The van der Waals surface area contributed by atoms with Gasteiger partial charge in [-0.3, -0.25) is 4.99 Å². The number of rotatable bonds is 5. The molecule has 0 aliphatic rings. The molecule has 0 radical (unpaired) electrons. The number of aliphatic imine (C=N–C) groups is 1. The standard InChI is InChI=1S/C8H15NS2/c1-4-7-10-11-8(5-2)9-6-3/h5-6H,4,7H2,1-3H3/b8-5+,9-6-. The van der Waals surface area contributed by atoms with E-state index in [0.717, 1.165) is 5.03 Å². The first-order valence-electron chi connectivity index (χ1n) is 3.79. The van der Waals surface area contributed by atoms with Crippen molar-refractivity contribution in [2.75, 3.05) is 5.75 Å². The van der Waals surface area contributed by atoms with Gasteiger partial charge in [0.15, 0.2) is 0 Å². The Labute approximate surface area is 77.1 Å². The van der Waals surface area contributed by atoms with Gasteiger partial charge in [0.05, 0.1) is 0 Å². The first-order chi connectivity index (χ1) is 5.35. The maximum Gasteiger partial charge on any atom is 0.102 e.